The summed E-state index contributed by atoms with van der Waals surface area (Å²) in [5.41, 5.74) is 0. The molecule has 3 heteroatoms. The maximum atomic E-state index is 9.72. The minimum Gasteiger partial charge on any atom is -0.870 e. The van der Waals surface area contributed by atoms with Gasteiger partial charge in [0.25, 0.3) is 0 Å². The van der Waals surface area contributed by atoms with Gasteiger partial charge >= 0.3 is 0 Å². The van der Waals surface area contributed by atoms with Crippen molar-refractivity contribution in [2.45, 2.75) is 31.8 Å². The zero-order chi connectivity index (χ0) is 9.19. The molecule has 2 N–H and O–H groups in total. The van der Waals surface area contributed by atoms with Crippen LogP contribution in [-0.2, 0) is 0 Å². The van der Waals surface area contributed by atoms with E-state index in [9.17, 15) is 5.11 Å². The van der Waals surface area contributed by atoms with Crippen LogP contribution in [0.15, 0.2) is 0 Å². The monoisotopic (exact) mass is 189 g/mol. The average molecular weight is 189 g/mol. The molecule has 1 saturated carbocycles. The molecule has 13 heavy (non-hydrogen) atoms. The van der Waals surface area contributed by atoms with Crippen molar-refractivity contribution in [1.82, 2.24) is 0 Å². The molecule has 0 amide bonds. The summed E-state index contributed by atoms with van der Waals surface area (Å²) in [4.78, 5) is 0. The van der Waals surface area contributed by atoms with E-state index >= 15 is 0 Å². The Kier molecular flexibility index (Phi) is 4.89. The molecule has 0 bridgehead atoms. The van der Waals surface area contributed by atoms with E-state index in [0.717, 1.165) is 17.4 Å². The molecule has 0 aromatic rings. The number of hydrogen-bond acceptors (Lipinski definition) is 2. The maximum absolute atomic E-state index is 9.72. The molecule has 1 aliphatic carbocycles. The number of aliphatic hydroxyl groups is 1. The minimum absolute atomic E-state index is 0. The van der Waals surface area contributed by atoms with Crippen molar-refractivity contribution >= 4 is 0 Å². The Morgan fingerprint density at radius 1 is 1.15 bits per heavy atom. The molecule has 0 saturated heterocycles. The van der Waals surface area contributed by atoms with Crippen LogP contribution < -0.4 is 0 Å². The molecule has 1 fully saturated rings. The molecular formula is C10H23NO2. The Morgan fingerprint density at radius 3 is 2.15 bits per heavy atom. The standard InChI is InChI=1S/C10H22NO.H2O/c1-11(2,3)8-9-6-4-5-7-10(9)12;/h9-10,12H,4-8H2,1-3H3;1H2/q+1;/p-1/t9-,10-;/m0./s1. The number of nitrogens with zero attached hydrogens (tertiary/aromatic N) is 1. The van der Waals surface area contributed by atoms with Crippen molar-refractivity contribution in [3.05, 3.63) is 0 Å². The summed E-state index contributed by atoms with van der Waals surface area (Å²) < 4.78 is 0.974. The Hall–Kier alpha value is -0.120. The lowest BCUT2D eigenvalue weighted by molar-refractivity contribution is -0.874. The number of rotatable bonds is 2. The molecule has 0 heterocycles. The molecule has 0 radical (unpaired) electrons. The Morgan fingerprint density at radius 2 is 1.69 bits per heavy atom. The first-order valence-electron chi connectivity index (χ1n) is 4.97. The van der Waals surface area contributed by atoms with Crippen LogP contribution in [0.4, 0.5) is 0 Å². The highest BCUT2D eigenvalue weighted by atomic mass is 16.3. The fourth-order valence-electron chi connectivity index (χ4n) is 2.10. The number of hydrogen-bond donors (Lipinski definition) is 1. The Bertz CT molecular complexity index is 142. The smallest absolute Gasteiger partial charge is 0.0834 e. The van der Waals surface area contributed by atoms with Gasteiger partial charge in [-0.15, -0.1) is 0 Å². The van der Waals surface area contributed by atoms with E-state index in [1.807, 2.05) is 0 Å². The van der Waals surface area contributed by atoms with Gasteiger partial charge in [0.1, 0.15) is 0 Å². The van der Waals surface area contributed by atoms with Gasteiger partial charge in [0.2, 0.25) is 0 Å². The van der Waals surface area contributed by atoms with Crippen molar-refractivity contribution in [2.24, 2.45) is 5.92 Å². The SMILES string of the molecule is C[N+](C)(C)C[C@@H]1CCCC[C@@H]1O.[OH-]. The Labute approximate surface area is 81.3 Å². The quantitative estimate of drug-likeness (QED) is 0.660. The van der Waals surface area contributed by atoms with E-state index in [1.165, 1.54) is 19.3 Å². The molecule has 0 aliphatic heterocycles. The second kappa shape index (κ2) is 4.94. The summed E-state index contributed by atoms with van der Waals surface area (Å²) in [6.07, 6.45) is 4.73. The van der Waals surface area contributed by atoms with Crippen LogP contribution in [0.1, 0.15) is 25.7 Å². The second-order valence-electron chi connectivity index (χ2n) is 5.08. The minimum atomic E-state index is -0.0314. The summed E-state index contributed by atoms with van der Waals surface area (Å²) in [6.45, 7) is 1.11. The summed E-state index contributed by atoms with van der Waals surface area (Å²) >= 11 is 0. The maximum Gasteiger partial charge on any atom is 0.0834 e. The van der Waals surface area contributed by atoms with Gasteiger partial charge in [0.15, 0.2) is 0 Å². The van der Waals surface area contributed by atoms with Crippen molar-refractivity contribution in [2.75, 3.05) is 27.7 Å². The van der Waals surface area contributed by atoms with Gasteiger partial charge in [-0.1, -0.05) is 12.8 Å². The van der Waals surface area contributed by atoms with E-state index in [-0.39, 0.29) is 11.6 Å². The lowest BCUT2D eigenvalue weighted by Gasteiger charge is -2.34. The number of aliphatic hydroxyl groups excluding tert-OH is 1. The van der Waals surface area contributed by atoms with Gasteiger partial charge in [-0.3, -0.25) is 0 Å². The molecule has 0 aromatic carbocycles. The van der Waals surface area contributed by atoms with Crippen molar-refractivity contribution in [3.8, 4) is 0 Å². The zero-order valence-corrected chi connectivity index (χ0v) is 9.03. The first-order chi connectivity index (χ1) is 5.49. The van der Waals surface area contributed by atoms with Crippen LogP contribution in [0.25, 0.3) is 0 Å². The van der Waals surface area contributed by atoms with E-state index in [4.69, 9.17) is 0 Å². The van der Waals surface area contributed by atoms with E-state index in [0.29, 0.717) is 5.92 Å². The predicted octanol–water partition coefficient (Wildman–Crippen LogP) is 1.07. The fraction of sp³-hybridized carbons (Fsp3) is 1.00. The molecule has 0 spiro atoms. The first-order valence-corrected chi connectivity index (χ1v) is 4.97. The van der Waals surface area contributed by atoms with Gasteiger partial charge in [-0.2, -0.15) is 0 Å². The largest absolute Gasteiger partial charge is 0.870 e. The summed E-state index contributed by atoms with van der Waals surface area (Å²) in [5.74, 6) is 0.541. The molecule has 3 nitrogen and oxygen atoms in total. The van der Waals surface area contributed by atoms with Crippen molar-refractivity contribution in [1.29, 1.82) is 0 Å². The highest BCUT2D eigenvalue weighted by Crippen LogP contribution is 2.25. The average Bonchev–Trinajstić information content (AvgIpc) is 1.91. The summed E-state index contributed by atoms with van der Waals surface area (Å²) in [7, 11) is 6.59. The van der Waals surface area contributed by atoms with Crippen LogP contribution in [0, 0.1) is 5.92 Å². The third kappa shape index (κ3) is 4.60. The third-order valence-electron chi connectivity index (χ3n) is 2.65. The molecule has 1 aliphatic rings. The van der Waals surface area contributed by atoms with Gasteiger partial charge < -0.3 is 15.1 Å². The molecule has 0 unspecified atom stereocenters. The molecule has 2 atom stereocenters. The van der Waals surface area contributed by atoms with E-state index in [2.05, 4.69) is 21.1 Å². The molecule has 80 valence electrons. The van der Waals surface area contributed by atoms with Gasteiger partial charge in [-0.25, -0.2) is 0 Å². The lowest BCUT2D eigenvalue weighted by Crippen LogP contribution is -2.43. The molecule has 0 aromatic heterocycles. The van der Waals surface area contributed by atoms with Crippen LogP contribution in [-0.4, -0.2) is 48.9 Å². The fourth-order valence-corrected chi connectivity index (χ4v) is 2.10. The van der Waals surface area contributed by atoms with Gasteiger partial charge in [0, 0.05) is 5.92 Å². The third-order valence-corrected chi connectivity index (χ3v) is 2.65. The van der Waals surface area contributed by atoms with Crippen molar-refractivity contribution in [3.63, 3.8) is 0 Å². The van der Waals surface area contributed by atoms with Crippen LogP contribution in [0.3, 0.4) is 0 Å². The zero-order valence-electron chi connectivity index (χ0n) is 9.03. The first kappa shape index (κ1) is 12.9. The van der Waals surface area contributed by atoms with Gasteiger partial charge in [0.05, 0.1) is 33.8 Å². The topological polar surface area (TPSA) is 50.2 Å². The van der Waals surface area contributed by atoms with Crippen LogP contribution in [0.2, 0.25) is 0 Å². The molecule has 1 rings (SSSR count). The summed E-state index contributed by atoms with van der Waals surface area (Å²) in [6, 6.07) is 0. The van der Waals surface area contributed by atoms with E-state index < -0.39 is 0 Å². The molecular weight excluding hydrogens is 166 g/mol. The highest BCUT2D eigenvalue weighted by Gasteiger charge is 2.27. The van der Waals surface area contributed by atoms with E-state index in [1.54, 1.807) is 0 Å². The normalized spacial score (nSPS) is 29.5. The lowest BCUT2D eigenvalue weighted by atomic mass is 9.86. The summed E-state index contributed by atoms with van der Waals surface area (Å²) in [5, 5.41) is 9.72. The second-order valence-corrected chi connectivity index (χ2v) is 5.08. The predicted molar refractivity (Wildman–Crippen MR) is 52.8 cm³/mol. The van der Waals surface area contributed by atoms with Crippen LogP contribution >= 0.6 is 0 Å². The van der Waals surface area contributed by atoms with Crippen LogP contribution in [0.5, 0.6) is 0 Å². The number of quaternary nitrogens is 1. The highest BCUT2D eigenvalue weighted by molar-refractivity contribution is 4.73. The van der Waals surface area contributed by atoms with Crippen molar-refractivity contribution < 1.29 is 15.1 Å². The van der Waals surface area contributed by atoms with Gasteiger partial charge in [-0.05, 0) is 12.8 Å². The Balaban J connectivity index is 0.00000144.